The quantitative estimate of drug-likeness (QED) is 0.443. The Morgan fingerprint density at radius 3 is 2.90 bits per heavy atom. The van der Waals surface area contributed by atoms with Crippen LogP contribution < -0.4 is 10.2 Å². The molecule has 0 heterocycles. The zero-order valence-corrected chi connectivity index (χ0v) is 13.6. The molecule has 0 saturated carbocycles. The van der Waals surface area contributed by atoms with Crippen molar-refractivity contribution in [2.75, 3.05) is 7.11 Å². The van der Waals surface area contributed by atoms with Crippen LogP contribution in [0.4, 0.5) is 0 Å². The molecule has 0 unspecified atom stereocenters. The summed E-state index contributed by atoms with van der Waals surface area (Å²) in [6.07, 6.45) is 6.46. The minimum atomic E-state index is -0.0497. The number of ether oxygens (including phenoxy) is 1. The van der Waals surface area contributed by atoms with E-state index in [9.17, 15) is 4.79 Å². The van der Waals surface area contributed by atoms with E-state index in [2.05, 4.69) is 33.4 Å². The Bertz CT molecular complexity index is 461. The lowest BCUT2D eigenvalue weighted by Crippen LogP contribution is -2.16. The SMILES string of the molecule is CCCCCCC(=O)NN=Cc1cc(Br)ccc1OC. The van der Waals surface area contributed by atoms with Crippen LogP contribution in [0.1, 0.15) is 44.6 Å². The molecule has 0 aromatic heterocycles. The number of halogens is 1. The zero-order valence-electron chi connectivity index (χ0n) is 12.0. The maximum atomic E-state index is 11.6. The molecular formula is C15H21BrN2O2. The number of nitrogens with zero attached hydrogens (tertiary/aromatic N) is 1. The number of nitrogens with one attached hydrogen (secondary N) is 1. The average molecular weight is 341 g/mol. The Morgan fingerprint density at radius 1 is 1.40 bits per heavy atom. The van der Waals surface area contributed by atoms with Crippen LogP contribution in [-0.2, 0) is 4.79 Å². The second kappa shape index (κ2) is 9.53. The number of methoxy groups -OCH3 is 1. The lowest BCUT2D eigenvalue weighted by molar-refractivity contribution is -0.121. The Balaban J connectivity index is 2.44. The molecule has 0 saturated heterocycles. The third kappa shape index (κ3) is 6.19. The number of hydrazone groups is 1. The molecule has 0 aliphatic rings. The molecule has 1 amide bonds. The van der Waals surface area contributed by atoms with E-state index in [4.69, 9.17) is 4.74 Å². The lowest BCUT2D eigenvalue weighted by atomic mass is 10.1. The van der Waals surface area contributed by atoms with E-state index < -0.39 is 0 Å². The van der Waals surface area contributed by atoms with Crippen LogP contribution in [0.3, 0.4) is 0 Å². The van der Waals surface area contributed by atoms with E-state index in [1.54, 1.807) is 13.3 Å². The van der Waals surface area contributed by atoms with Crippen LogP contribution in [0.15, 0.2) is 27.8 Å². The van der Waals surface area contributed by atoms with Crippen molar-refractivity contribution in [2.24, 2.45) is 5.10 Å². The Labute approximate surface area is 128 Å². The van der Waals surface area contributed by atoms with Gasteiger partial charge >= 0.3 is 0 Å². The van der Waals surface area contributed by atoms with E-state index in [1.165, 1.54) is 12.8 Å². The number of rotatable bonds is 8. The zero-order chi connectivity index (χ0) is 14.8. The summed E-state index contributed by atoms with van der Waals surface area (Å²) in [6.45, 7) is 2.15. The first-order valence-corrected chi connectivity index (χ1v) is 7.62. The molecule has 110 valence electrons. The summed E-state index contributed by atoms with van der Waals surface area (Å²) in [5.41, 5.74) is 3.35. The Morgan fingerprint density at radius 2 is 2.20 bits per heavy atom. The van der Waals surface area contributed by atoms with Crippen LogP contribution in [0.25, 0.3) is 0 Å². The lowest BCUT2D eigenvalue weighted by Gasteiger charge is -2.04. The molecule has 1 aromatic rings. The van der Waals surface area contributed by atoms with Crippen molar-refractivity contribution in [1.29, 1.82) is 0 Å². The molecule has 0 aliphatic carbocycles. The number of hydrogen-bond donors (Lipinski definition) is 1. The maximum Gasteiger partial charge on any atom is 0.240 e. The van der Waals surface area contributed by atoms with E-state index in [1.807, 2.05) is 18.2 Å². The molecule has 0 aliphatic heterocycles. The standard InChI is InChI=1S/C15H21BrN2O2/c1-3-4-5-6-7-15(19)18-17-11-12-10-13(16)8-9-14(12)20-2/h8-11H,3-7H2,1-2H3,(H,18,19). The van der Waals surface area contributed by atoms with Gasteiger partial charge < -0.3 is 4.74 Å². The number of amides is 1. The molecule has 0 atom stereocenters. The monoisotopic (exact) mass is 340 g/mol. The summed E-state index contributed by atoms with van der Waals surface area (Å²) in [5, 5.41) is 3.96. The highest BCUT2D eigenvalue weighted by Gasteiger charge is 2.02. The van der Waals surface area contributed by atoms with Crippen LogP contribution in [0.2, 0.25) is 0 Å². The van der Waals surface area contributed by atoms with Crippen molar-refractivity contribution >= 4 is 28.1 Å². The molecule has 0 spiro atoms. The van der Waals surface area contributed by atoms with Gasteiger partial charge in [0.1, 0.15) is 5.75 Å². The first kappa shape index (κ1) is 16.7. The highest BCUT2D eigenvalue weighted by molar-refractivity contribution is 9.10. The smallest absolute Gasteiger partial charge is 0.240 e. The number of carbonyl (C=O) groups is 1. The summed E-state index contributed by atoms with van der Waals surface area (Å²) in [6, 6.07) is 5.62. The van der Waals surface area contributed by atoms with E-state index in [0.717, 1.165) is 22.9 Å². The van der Waals surface area contributed by atoms with Gasteiger partial charge in [-0.15, -0.1) is 0 Å². The molecule has 4 nitrogen and oxygen atoms in total. The summed E-state index contributed by atoms with van der Waals surface area (Å²) in [7, 11) is 1.60. The van der Waals surface area contributed by atoms with Gasteiger partial charge in [-0.05, 0) is 24.6 Å². The van der Waals surface area contributed by atoms with Gasteiger partial charge in [0.2, 0.25) is 5.91 Å². The third-order valence-electron chi connectivity index (χ3n) is 2.84. The largest absolute Gasteiger partial charge is 0.496 e. The molecule has 1 rings (SSSR count). The van der Waals surface area contributed by atoms with E-state index in [-0.39, 0.29) is 5.91 Å². The normalized spacial score (nSPS) is 10.8. The van der Waals surface area contributed by atoms with Gasteiger partial charge in [0.15, 0.2) is 0 Å². The molecular weight excluding hydrogens is 320 g/mol. The summed E-state index contributed by atoms with van der Waals surface area (Å²) < 4.78 is 6.16. The number of benzene rings is 1. The van der Waals surface area contributed by atoms with Crippen LogP contribution in [0, 0.1) is 0 Å². The van der Waals surface area contributed by atoms with Crippen molar-refractivity contribution in [2.45, 2.75) is 39.0 Å². The Kier molecular flexibility index (Phi) is 7.95. The van der Waals surface area contributed by atoms with Gasteiger partial charge in [-0.1, -0.05) is 42.1 Å². The van der Waals surface area contributed by atoms with Gasteiger partial charge in [0, 0.05) is 16.5 Å². The second-order valence-electron chi connectivity index (χ2n) is 4.49. The van der Waals surface area contributed by atoms with Crippen LogP contribution >= 0.6 is 15.9 Å². The molecule has 0 bridgehead atoms. The van der Waals surface area contributed by atoms with E-state index >= 15 is 0 Å². The van der Waals surface area contributed by atoms with Gasteiger partial charge in [-0.2, -0.15) is 5.10 Å². The molecule has 0 fully saturated rings. The summed E-state index contributed by atoms with van der Waals surface area (Å²) >= 11 is 3.39. The minimum Gasteiger partial charge on any atom is -0.496 e. The highest BCUT2D eigenvalue weighted by Crippen LogP contribution is 2.21. The fraction of sp³-hybridized carbons (Fsp3) is 0.467. The first-order valence-electron chi connectivity index (χ1n) is 6.82. The van der Waals surface area contributed by atoms with Crippen LogP contribution in [-0.4, -0.2) is 19.2 Å². The van der Waals surface area contributed by atoms with Gasteiger partial charge in [-0.25, -0.2) is 5.43 Å². The number of hydrogen-bond acceptors (Lipinski definition) is 3. The summed E-state index contributed by atoms with van der Waals surface area (Å²) in [4.78, 5) is 11.6. The predicted octanol–water partition coefficient (Wildman–Crippen LogP) is 3.88. The second-order valence-corrected chi connectivity index (χ2v) is 5.41. The molecule has 5 heteroatoms. The number of unbranched alkanes of at least 4 members (excludes halogenated alkanes) is 3. The van der Waals surface area contributed by atoms with Crippen molar-refractivity contribution < 1.29 is 9.53 Å². The molecule has 1 N–H and O–H groups in total. The van der Waals surface area contributed by atoms with Gasteiger partial charge in [0.05, 0.1) is 13.3 Å². The van der Waals surface area contributed by atoms with Crippen molar-refractivity contribution in [3.8, 4) is 5.75 Å². The van der Waals surface area contributed by atoms with Gasteiger partial charge in [-0.3, -0.25) is 4.79 Å². The molecule has 20 heavy (non-hydrogen) atoms. The van der Waals surface area contributed by atoms with Crippen molar-refractivity contribution in [1.82, 2.24) is 5.43 Å². The minimum absolute atomic E-state index is 0.0497. The fourth-order valence-corrected chi connectivity index (χ4v) is 2.13. The fourth-order valence-electron chi connectivity index (χ4n) is 1.75. The Hall–Kier alpha value is -1.36. The van der Waals surface area contributed by atoms with Crippen molar-refractivity contribution in [3.63, 3.8) is 0 Å². The molecule has 1 aromatic carbocycles. The van der Waals surface area contributed by atoms with Gasteiger partial charge in [0.25, 0.3) is 0 Å². The average Bonchev–Trinajstić information content (AvgIpc) is 2.44. The topological polar surface area (TPSA) is 50.7 Å². The molecule has 0 radical (unpaired) electrons. The highest BCUT2D eigenvalue weighted by atomic mass is 79.9. The first-order chi connectivity index (χ1) is 9.67. The van der Waals surface area contributed by atoms with E-state index in [0.29, 0.717) is 12.2 Å². The van der Waals surface area contributed by atoms with Crippen LogP contribution in [0.5, 0.6) is 5.75 Å². The van der Waals surface area contributed by atoms with Crippen molar-refractivity contribution in [3.05, 3.63) is 28.2 Å². The number of carbonyl (C=O) groups excluding carboxylic acids is 1. The summed E-state index contributed by atoms with van der Waals surface area (Å²) in [5.74, 6) is 0.667. The maximum absolute atomic E-state index is 11.6. The predicted molar refractivity (Wildman–Crippen MR) is 85.2 cm³/mol. The third-order valence-corrected chi connectivity index (χ3v) is 3.34.